The molecule has 1 amide bonds. The van der Waals surface area contributed by atoms with E-state index in [9.17, 15) is 14.4 Å². The minimum Gasteiger partial charge on any atom is -0.457 e. The van der Waals surface area contributed by atoms with Crippen molar-refractivity contribution in [3.63, 3.8) is 0 Å². The first-order valence-electron chi connectivity index (χ1n) is 6.63. The molecule has 1 aromatic heterocycles. The van der Waals surface area contributed by atoms with Gasteiger partial charge in [-0.2, -0.15) is 0 Å². The Hall–Kier alpha value is -2.89. The standard InChI is InChI=1S/C16H15NO5/c1-10(18)12-5-3-6-13(9-12)17-15(19)11(2)22-16(20)14-7-4-8-21-14/h3-9,11H,1-2H3,(H,17,19)/t11-/m0/s1. The van der Waals surface area contributed by atoms with Gasteiger partial charge in [-0.15, -0.1) is 0 Å². The van der Waals surface area contributed by atoms with Gasteiger partial charge in [0, 0.05) is 11.3 Å². The van der Waals surface area contributed by atoms with Gasteiger partial charge in [-0.3, -0.25) is 9.59 Å². The summed E-state index contributed by atoms with van der Waals surface area (Å²) in [7, 11) is 0. The van der Waals surface area contributed by atoms with Gasteiger partial charge in [0.05, 0.1) is 6.26 Å². The van der Waals surface area contributed by atoms with Crippen molar-refractivity contribution >= 4 is 23.3 Å². The molecule has 0 saturated carbocycles. The lowest BCUT2D eigenvalue weighted by Gasteiger charge is -2.13. The molecule has 0 aliphatic rings. The van der Waals surface area contributed by atoms with E-state index in [0.717, 1.165) is 0 Å². The number of amides is 1. The minimum atomic E-state index is -1.00. The van der Waals surface area contributed by atoms with Gasteiger partial charge in [0.25, 0.3) is 5.91 Å². The van der Waals surface area contributed by atoms with Crippen LogP contribution in [0.25, 0.3) is 0 Å². The average molecular weight is 301 g/mol. The van der Waals surface area contributed by atoms with Gasteiger partial charge in [-0.1, -0.05) is 12.1 Å². The second kappa shape index (κ2) is 6.71. The maximum absolute atomic E-state index is 12.0. The summed E-state index contributed by atoms with van der Waals surface area (Å²) in [5.74, 6) is -1.29. The van der Waals surface area contributed by atoms with E-state index in [1.807, 2.05) is 0 Å². The number of hydrogen-bond acceptors (Lipinski definition) is 5. The molecule has 0 radical (unpaired) electrons. The van der Waals surface area contributed by atoms with Crippen molar-refractivity contribution in [2.75, 3.05) is 5.32 Å². The first kappa shape index (κ1) is 15.5. The summed E-state index contributed by atoms with van der Waals surface area (Å²) in [6, 6.07) is 9.51. The highest BCUT2D eigenvalue weighted by atomic mass is 16.6. The molecule has 6 heteroatoms. The van der Waals surface area contributed by atoms with Crippen LogP contribution in [0.3, 0.4) is 0 Å². The van der Waals surface area contributed by atoms with Crippen molar-refractivity contribution in [3.05, 3.63) is 54.0 Å². The van der Waals surface area contributed by atoms with E-state index in [1.165, 1.54) is 26.2 Å². The lowest BCUT2D eigenvalue weighted by molar-refractivity contribution is -0.123. The number of rotatable bonds is 5. The zero-order valence-electron chi connectivity index (χ0n) is 12.2. The number of furan rings is 1. The van der Waals surface area contributed by atoms with E-state index in [1.54, 1.807) is 30.3 Å². The lowest BCUT2D eigenvalue weighted by atomic mass is 10.1. The van der Waals surface area contributed by atoms with Crippen molar-refractivity contribution < 1.29 is 23.5 Å². The number of Topliss-reactive ketones (excluding diaryl/α,β-unsaturated/α-hetero) is 1. The third-order valence-electron chi connectivity index (χ3n) is 2.91. The third kappa shape index (κ3) is 3.82. The Kier molecular flexibility index (Phi) is 4.73. The Bertz CT molecular complexity index is 690. The van der Waals surface area contributed by atoms with E-state index in [0.29, 0.717) is 11.3 Å². The van der Waals surface area contributed by atoms with Crippen LogP contribution in [0.15, 0.2) is 47.1 Å². The summed E-state index contributed by atoms with van der Waals surface area (Å²) in [5, 5.41) is 2.59. The number of ether oxygens (including phenoxy) is 1. The van der Waals surface area contributed by atoms with E-state index < -0.39 is 18.0 Å². The van der Waals surface area contributed by atoms with Gasteiger partial charge in [0.1, 0.15) is 0 Å². The fourth-order valence-electron chi connectivity index (χ4n) is 1.73. The van der Waals surface area contributed by atoms with Gasteiger partial charge in [0.15, 0.2) is 11.9 Å². The van der Waals surface area contributed by atoms with E-state index in [2.05, 4.69) is 5.32 Å². The van der Waals surface area contributed by atoms with Gasteiger partial charge < -0.3 is 14.5 Å². The third-order valence-corrected chi connectivity index (χ3v) is 2.91. The van der Waals surface area contributed by atoms with Crippen molar-refractivity contribution in [3.8, 4) is 0 Å². The highest BCUT2D eigenvalue weighted by Crippen LogP contribution is 2.12. The van der Waals surface area contributed by atoms with Crippen molar-refractivity contribution in [2.24, 2.45) is 0 Å². The first-order chi connectivity index (χ1) is 10.5. The molecule has 0 bridgehead atoms. The van der Waals surface area contributed by atoms with Crippen LogP contribution < -0.4 is 5.32 Å². The van der Waals surface area contributed by atoms with Crippen molar-refractivity contribution in [2.45, 2.75) is 20.0 Å². The predicted molar refractivity (Wildman–Crippen MR) is 78.7 cm³/mol. The van der Waals surface area contributed by atoms with E-state index >= 15 is 0 Å². The summed E-state index contributed by atoms with van der Waals surface area (Å²) in [5.41, 5.74) is 0.941. The average Bonchev–Trinajstić information content (AvgIpc) is 3.01. The number of anilines is 1. The fourth-order valence-corrected chi connectivity index (χ4v) is 1.73. The molecule has 0 spiro atoms. The minimum absolute atomic E-state index is 0.0261. The lowest BCUT2D eigenvalue weighted by Crippen LogP contribution is -2.29. The van der Waals surface area contributed by atoms with Gasteiger partial charge in [-0.25, -0.2) is 4.79 Å². The molecular weight excluding hydrogens is 286 g/mol. The van der Waals surface area contributed by atoms with Crippen LogP contribution in [0.5, 0.6) is 0 Å². The van der Waals surface area contributed by atoms with Crippen LogP contribution in [0.2, 0.25) is 0 Å². The highest BCUT2D eigenvalue weighted by Gasteiger charge is 2.20. The number of carbonyl (C=O) groups is 3. The molecule has 114 valence electrons. The van der Waals surface area contributed by atoms with Crippen molar-refractivity contribution in [1.82, 2.24) is 0 Å². The summed E-state index contributed by atoms with van der Waals surface area (Å²) < 4.78 is 9.89. The summed E-state index contributed by atoms with van der Waals surface area (Å²) >= 11 is 0. The van der Waals surface area contributed by atoms with Crippen LogP contribution in [-0.4, -0.2) is 23.8 Å². The topological polar surface area (TPSA) is 85.6 Å². The predicted octanol–water partition coefficient (Wildman–Crippen LogP) is 2.67. The molecule has 22 heavy (non-hydrogen) atoms. The first-order valence-corrected chi connectivity index (χ1v) is 6.63. The molecule has 0 aliphatic heterocycles. The largest absolute Gasteiger partial charge is 0.457 e. The Morgan fingerprint density at radius 3 is 2.59 bits per heavy atom. The molecular formula is C16H15NO5. The molecule has 0 saturated heterocycles. The van der Waals surface area contributed by atoms with Gasteiger partial charge in [0.2, 0.25) is 5.76 Å². The zero-order chi connectivity index (χ0) is 16.1. The second-order valence-corrected chi connectivity index (χ2v) is 4.65. The number of hydrogen-bond donors (Lipinski definition) is 1. The molecule has 2 rings (SSSR count). The Balaban J connectivity index is 1.98. The maximum Gasteiger partial charge on any atom is 0.374 e. The molecule has 0 aliphatic carbocycles. The Labute approximate surface area is 127 Å². The van der Waals surface area contributed by atoms with Crippen LogP contribution >= 0.6 is 0 Å². The van der Waals surface area contributed by atoms with Crippen LogP contribution in [0.1, 0.15) is 34.8 Å². The van der Waals surface area contributed by atoms with Crippen molar-refractivity contribution in [1.29, 1.82) is 0 Å². The molecule has 1 atom stereocenters. The summed E-state index contributed by atoms with van der Waals surface area (Å²) in [4.78, 5) is 35.0. The van der Waals surface area contributed by atoms with Gasteiger partial charge in [-0.05, 0) is 38.1 Å². The Morgan fingerprint density at radius 1 is 1.18 bits per heavy atom. The fraction of sp³-hybridized carbons (Fsp3) is 0.188. The molecule has 6 nitrogen and oxygen atoms in total. The monoisotopic (exact) mass is 301 g/mol. The van der Waals surface area contributed by atoms with Crippen LogP contribution in [-0.2, 0) is 9.53 Å². The number of esters is 1. The Morgan fingerprint density at radius 2 is 1.95 bits per heavy atom. The quantitative estimate of drug-likeness (QED) is 0.678. The van der Waals surface area contributed by atoms with Crippen LogP contribution in [0, 0.1) is 0 Å². The summed E-state index contributed by atoms with van der Waals surface area (Å²) in [6.45, 7) is 2.89. The molecule has 0 fully saturated rings. The molecule has 2 aromatic rings. The summed E-state index contributed by atoms with van der Waals surface area (Å²) in [6.07, 6.45) is 0.341. The smallest absolute Gasteiger partial charge is 0.374 e. The van der Waals surface area contributed by atoms with E-state index in [4.69, 9.17) is 9.15 Å². The maximum atomic E-state index is 12.0. The van der Waals surface area contributed by atoms with Crippen LogP contribution in [0.4, 0.5) is 5.69 Å². The van der Waals surface area contributed by atoms with Gasteiger partial charge >= 0.3 is 5.97 Å². The normalized spacial score (nSPS) is 11.5. The second-order valence-electron chi connectivity index (χ2n) is 4.65. The molecule has 1 heterocycles. The molecule has 0 unspecified atom stereocenters. The molecule has 1 N–H and O–H groups in total. The number of ketones is 1. The number of carbonyl (C=O) groups excluding carboxylic acids is 3. The zero-order valence-corrected chi connectivity index (χ0v) is 12.2. The van der Waals surface area contributed by atoms with E-state index in [-0.39, 0.29) is 11.5 Å². The SMILES string of the molecule is CC(=O)c1cccc(NC(=O)[C@H](C)OC(=O)c2ccco2)c1. The number of nitrogens with one attached hydrogen (secondary N) is 1. The molecule has 1 aromatic carbocycles. The number of benzene rings is 1. The highest BCUT2D eigenvalue weighted by molar-refractivity contribution is 5.99.